The monoisotopic (exact) mass is 360 g/mol. The van der Waals surface area contributed by atoms with Crippen molar-refractivity contribution >= 4 is 11.6 Å². The van der Waals surface area contributed by atoms with Crippen LogP contribution in [0.25, 0.3) is 0 Å². The van der Waals surface area contributed by atoms with E-state index in [2.05, 4.69) is 0 Å². The van der Waals surface area contributed by atoms with Gasteiger partial charge in [0.1, 0.15) is 17.6 Å². The van der Waals surface area contributed by atoms with Crippen LogP contribution in [-0.2, 0) is 9.53 Å². The van der Waals surface area contributed by atoms with E-state index in [4.69, 9.17) is 4.74 Å². The molecule has 0 radical (unpaired) electrons. The molecule has 1 heterocycles. The number of fused-ring (bicyclic) bond motifs is 2. The SMILES string of the molecule is C[C@H]1CC(=O)[C@H]2[C@@](O)(C1)C[C@H](O)[C@]13O[C@]21C(=O)c1cccc(O)c1[C@@H]3O. The highest BCUT2D eigenvalue weighted by Crippen LogP contribution is 2.72. The van der Waals surface area contributed by atoms with Crippen LogP contribution in [0.15, 0.2) is 18.2 Å². The molecule has 26 heavy (non-hydrogen) atoms. The number of Topliss-reactive ketones (excluding diaryl/α,β-unsaturated/α-hetero) is 2. The van der Waals surface area contributed by atoms with Crippen molar-refractivity contribution < 1.29 is 34.8 Å². The second-order valence-electron chi connectivity index (χ2n) is 8.34. The molecule has 4 N–H and O–H groups in total. The molecule has 138 valence electrons. The predicted molar refractivity (Wildman–Crippen MR) is 86.4 cm³/mol. The van der Waals surface area contributed by atoms with Crippen LogP contribution in [-0.4, -0.2) is 54.9 Å². The molecule has 3 aliphatic carbocycles. The maximum atomic E-state index is 13.4. The Hall–Kier alpha value is -1.80. The van der Waals surface area contributed by atoms with Gasteiger partial charge in [0.25, 0.3) is 0 Å². The van der Waals surface area contributed by atoms with Gasteiger partial charge in [-0.15, -0.1) is 0 Å². The number of ketones is 2. The number of aliphatic hydroxyl groups excluding tert-OH is 2. The zero-order valence-electron chi connectivity index (χ0n) is 14.2. The second-order valence-corrected chi connectivity index (χ2v) is 8.34. The number of benzene rings is 1. The average Bonchev–Trinajstić information content (AvgIpc) is 3.24. The number of aliphatic hydroxyl groups is 3. The number of aromatic hydroxyl groups is 1. The molecule has 0 aromatic heterocycles. The first kappa shape index (κ1) is 16.4. The molecular weight excluding hydrogens is 340 g/mol. The van der Waals surface area contributed by atoms with Gasteiger partial charge in [0, 0.05) is 24.0 Å². The van der Waals surface area contributed by atoms with E-state index < -0.39 is 40.7 Å². The number of ether oxygens (including phenoxy) is 1. The molecular formula is C19H20O7. The summed E-state index contributed by atoms with van der Waals surface area (Å²) in [5.41, 5.74) is -4.97. The van der Waals surface area contributed by atoms with Gasteiger partial charge in [0.05, 0.1) is 17.6 Å². The fourth-order valence-electron chi connectivity index (χ4n) is 5.94. The largest absolute Gasteiger partial charge is 0.508 e. The molecule has 0 bridgehead atoms. The van der Waals surface area contributed by atoms with Gasteiger partial charge in [-0.3, -0.25) is 9.59 Å². The van der Waals surface area contributed by atoms with Crippen LogP contribution < -0.4 is 0 Å². The van der Waals surface area contributed by atoms with E-state index in [1.807, 2.05) is 6.92 Å². The van der Waals surface area contributed by atoms with Gasteiger partial charge in [-0.25, -0.2) is 0 Å². The van der Waals surface area contributed by atoms with Crippen LogP contribution in [0.3, 0.4) is 0 Å². The van der Waals surface area contributed by atoms with Crippen LogP contribution in [0.1, 0.15) is 48.2 Å². The van der Waals surface area contributed by atoms with Gasteiger partial charge in [-0.1, -0.05) is 19.1 Å². The molecule has 0 spiro atoms. The van der Waals surface area contributed by atoms with Gasteiger partial charge < -0.3 is 25.2 Å². The van der Waals surface area contributed by atoms with E-state index >= 15 is 0 Å². The van der Waals surface area contributed by atoms with Crippen LogP contribution >= 0.6 is 0 Å². The molecule has 3 fully saturated rings. The summed E-state index contributed by atoms with van der Waals surface area (Å²) in [6.07, 6.45) is -2.49. The Balaban J connectivity index is 1.76. The van der Waals surface area contributed by atoms with Gasteiger partial charge >= 0.3 is 0 Å². The first-order valence-electron chi connectivity index (χ1n) is 8.87. The summed E-state index contributed by atoms with van der Waals surface area (Å²) >= 11 is 0. The third-order valence-electron chi connectivity index (χ3n) is 6.77. The minimum Gasteiger partial charge on any atom is -0.508 e. The molecule has 2 saturated carbocycles. The highest BCUT2D eigenvalue weighted by atomic mass is 16.7. The highest BCUT2D eigenvalue weighted by molar-refractivity contribution is 6.12. The summed E-state index contributed by atoms with van der Waals surface area (Å²) in [6, 6.07) is 4.28. The van der Waals surface area contributed by atoms with Crippen molar-refractivity contribution in [2.24, 2.45) is 11.8 Å². The van der Waals surface area contributed by atoms with Crippen molar-refractivity contribution in [3.8, 4) is 5.75 Å². The first-order chi connectivity index (χ1) is 12.2. The van der Waals surface area contributed by atoms with E-state index in [9.17, 15) is 30.0 Å². The lowest BCUT2D eigenvalue weighted by Crippen LogP contribution is -2.68. The van der Waals surface area contributed by atoms with Crippen LogP contribution in [0.4, 0.5) is 0 Å². The van der Waals surface area contributed by atoms with Crippen molar-refractivity contribution in [3.63, 3.8) is 0 Å². The van der Waals surface area contributed by atoms with E-state index in [1.54, 1.807) is 0 Å². The highest BCUT2D eigenvalue weighted by Gasteiger charge is 2.90. The molecule has 5 rings (SSSR count). The lowest BCUT2D eigenvalue weighted by molar-refractivity contribution is -0.162. The lowest BCUT2D eigenvalue weighted by Gasteiger charge is -2.51. The van der Waals surface area contributed by atoms with Crippen LogP contribution in [0, 0.1) is 11.8 Å². The van der Waals surface area contributed by atoms with Crippen molar-refractivity contribution in [3.05, 3.63) is 29.3 Å². The second kappa shape index (κ2) is 4.54. The third-order valence-corrected chi connectivity index (χ3v) is 6.77. The number of carbonyl (C=O) groups excluding carboxylic acids is 2. The fourth-order valence-corrected chi connectivity index (χ4v) is 5.94. The number of phenols is 1. The standard InChI is InChI=1S/C19H20O7/c1-8-5-11(21)14-17(25,6-8)7-12(22)18-16(24)13-9(3-2-4-10(13)20)15(23)19(14,18)26-18/h2-4,8,12,14,16,20,22,24-25H,5-7H2,1H3/t8-,12-,14-,16-,17+,18+,19-/m0/s1. The Morgan fingerprint density at radius 3 is 2.65 bits per heavy atom. The van der Waals surface area contributed by atoms with Crippen molar-refractivity contribution in [1.29, 1.82) is 0 Å². The Bertz CT molecular complexity index is 865. The van der Waals surface area contributed by atoms with Crippen molar-refractivity contribution in [2.75, 3.05) is 0 Å². The maximum absolute atomic E-state index is 13.4. The van der Waals surface area contributed by atoms with Gasteiger partial charge in [0.2, 0.25) is 0 Å². The molecule has 7 heteroatoms. The van der Waals surface area contributed by atoms with Crippen LogP contribution in [0.2, 0.25) is 0 Å². The van der Waals surface area contributed by atoms with E-state index in [0.717, 1.165) is 0 Å². The smallest absolute Gasteiger partial charge is 0.199 e. The molecule has 0 amide bonds. The minimum absolute atomic E-state index is 0.00624. The topological polar surface area (TPSA) is 128 Å². The Kier molecular flexibility index (Phi) is 2.86. The zero-order valence-corrected chi connectivity index (χ0v) is 14.2. The average molecular weight is 360 g/mol. The summed E-state index contributed by atoms with van der Waals surface area (Å²) in [7, 11) is 0. The molecule has 1 aromatic rings. The summed E-state index contributed by atoms with van der Waals surface area (Å²) in [5, 5.41) is 43.1. The summed E-state index contributed by atoms with van der Waals surface area (Å²) in [5.74, 6) is -2.33. The van der Waals surface area contributed by atoms with Crippen LogP contribution in [0.5, 0.6) is 5.75 Å². The van der Waals surface area contributed by atoms with Gasteiger partial charge in [0.15, 0.2) is 17.0 Å². The number of hydrogen-bond acceptors (Lipinski definition) is 7. The Morgan fingerprint density at radius 2 is 1.92 bits per heavy atom. The lowest BCUT2D eigenvalue weighted by atomic mass is 9.51. The van der Waals surface area contributed by atoms with E-state index in [1.165, 1.54) is 18.2 Å². The van der Waals surface area contributed by atoms with E-state index in [-0.39, 0.29) is 47.8 Å². The number of phenolic OH excluding ortho intramolecular Hbond substituents is 1. The quantitative estimate of drug-likeness (QED) is 0.488. The zero-order chi connectivity index (χ0) is 18.6. The normalized spacial score (nSPS) is 48.9. The summed E-state index contributed by atoms with van der Waals surface area (Å²) in [4.78, 5) is 26.2. The number of hydrogen-bond donors (Lipinski definition) is 4. The molecule has 7 atom stereocenters. The number of carbonyl (C=O) groups is 2. The Labute approximate surface area is 149 Å². The summed E-state index contributed by atoms with van der Waals surface area (Å²) < 4.78 is 5.79. The molecule has 7 nitrogen and oxygen atoms in total. The number of epoxide rings is 1. The molecule has 1 aromatic carbocycles. The first-order valence-corrected chi connectivity index (χ1v) is 8.87. The Morgan fingerprint density at radius 1 is 1.19 bits per heavy atom. The minimum atomic E-state index is -1.78. The molecule has 0 unspecified atom stereocenters. The molecule has 1 aliphatic heterocycles. The van der Waals surface area contributed by atoms with Gasteiger partial charge in [-0.2, -0.15) is 0 Å². The third kappa shape index (κ3) is 1.51. The van der Waals surface area contributed by atoms with Crippen molar-refractivity contribution in [1.82, 2.24) is 0 Å². The predicted octanol–water partition coefficient (Wildman–Crippen LogP) is 0.241. The van der Waals surface area contributed by atoms with Crippen molar-refractivity contribution in [2.45, 2.75) is 55.2 Å². The number of rotatable bonds is 0. The molecule has 4 aliphatic rings. The van der Waals surface area contributed by atoms with E-state index in [0.29, 0.717) is 0 Å². The summed E-state index contributed by atoms with van der Waals surface area (Å²) in [6.45, 7) is 1.84. The van der Waals surface area contributed by atoms with Gasteiger partial charge in [-0.05, 0) is 18.4 Å². The fraction of sp³-hybridized carbons (Fsp3) is 0.579. The maximum Gasteiger partial charge on any atom is 0.199 e. The molecule has 1 saturated heterocycles.